The van der Waals surface area contributed by atoms with Crippen LogP contribution >= 0.6 is 0 Å². The largest absolute Gasteiger partial charge is 0.493 e. The van der Waals surface area contributed by atoms with E-state index < -0.39 is 5.97 Å². The van der Waals surface area contributed by atoms with E-state index in [1.807, 2.05) is 13.1 Å². The van der Waals surface area contributed by atoms with Crippen LogP contribution in [0.4, 0.5) is 0 Å². The van der Waals surface area contributed by atoms with Crippen molar-refractivity contribution < 1.29 is 33.6 Å². The van der Waals surface area contributed by atoms with Gasteiger partial charge < -0.3 is 29.4 Å². The molecule has 2 N–H and O–H groups in total. The molecule has 0 unspecified atom stereocenters. The number of carbonyl (C=O) groups excluding carboxylic acids is 1. The van der Waals surface area contributed by atoms with Crippen LogP contribution in [0.1, 0.15) is 31.8 Å². The molecule has 1 aliphatic rings. The van der Waals surface area contributed by atoms with Gasteiger partial charge in [0.2, 0.25) is 6.79 Å². The van der Waals surface area contributed by atoms with E-state index in [1.165, 1.54) is 26.4 Å². The molecule has 154 valence electrons. The lowest BCUT2D eigenvalue weighted by Crippen LogP contribution is -2.15. The van der Waals surface area contributed by atoms with Gasteiger partial charge in [-0.3, -0.25) is 4.79 Å². The Morgan fingerprint density at radius 2 is 1.79 bits per heavy atom. The van der Waals surface area contributed by atoms with E-state index in [4.69, 9.17) is 18.9 Å². The van der Waals surface area contributed by atoms with E-state index in [2.05, 4.69) is 5.32 Å². The molecule has 0 saturated carbocycles. The molecule has 1 aliphatic heterocycles. The van der Waals surface area contributed by atoms with Gasteiger partial charge in [0.1, 0.15) is 5.56 Å². The molecule has 0 spiro atoms. The number of benzene rings is 2. The molecule has 2 aromatic carbocycles. The number of carbonyl (C=O) groups is 2. The molecule has 3 rings (SSSR count). The first kappa shape index (κ1) is 20.5. The fourth-order valence-corrected chi connectivity index (χ4v) is 3.32. The van der Waals surface area contributed by atoms with Crippen LogP contribution in [0, 0.1) is 0 Å². The number of rotatable bonds is 9. The van der Waals surface area contributed by atoms with Crippen LogP contribution in [-0.4, -0.2) is 51.5 Å². The Labute approximate surface area is 168 Å². The van der Waals surface area contributed by atoms with Crippen LogP contribution in [0.25, 0.3) is 0 Å². The van der Waals surface area contributed by atoms with Crippen LogP contribution < -0.4 is 24.3 Å². The van der Waals surface area contributed by atoms with Gasteiger partial charge in [0.15, 0.2) is 28.8 Å². The number of ketones is 1. The van der Waals surface area contributed by atoms with Gasteiger partial charge in [-0.2, -0.15) is 0 Å². The average Bonchev–Trinajstić information content (AvgIpc) is 3.17. The number of fused-ring (bicyclic) bond motifs is 1. The molecule has 8 nitrogen and oxygen atoms in total. The number of carboxylic acids is 1. The Hall–Kier alpha value is -3.26. The zero-order valence-electron chi connectivity index (χ0n) is 16.5. The Kier molecular flexibility index (Phi) is 6.23. The van der Waals surface area contributed by atoms with Crippen LogP contribution in [-0.2, 0) is 12.8 Å². The van der Waals surface area contributed by atoms with Crippen LogP contribution in [0.3, 0.4) is 0 Å². The molecule has 0 aliphatic carbocycles. The van der Waals surface area contributed by atoms with Gasteiger partial charge in [-0.05, 0) is 55.4 Å². The maximum atomic E-state index is 13.1. The Balaban J connectivity index is 2.00. The zero-order valence-corrected chi connectivity index (χ0v) is 16.5. The van der Waals surface area contributed by atoms with E-state index >= 15 is 0 Å². The molecule has 0 radical (unpaired) electrons. The second-order valence-corrected chi connectivity index (χ2v) is 6.46. The van der Waals surface area contributed by atoms with Crippen LogP contribution in [0.5, 0.6) is 23.0 Å². The molecule has 1 heterocycles. The molecule has 2 aromatic rings. The van der Waals surface area contributed by atoms with Gasteiger partial charge in [-0.1, -0.05) is 0 Å². The van der Waals surface area contributed by atoms with Crippen LogP contribution in [0.2, 0.25) is 0 Å². The lowest BCUT2D eigenvalue weighted by atomic mass is 9.93. The van der Waals surface area contributed by atoms with E-state index in [0.717, 1.165) is 17.7 Å². The highest BCUT2D eigenvalue weighted by Gasteiger charge is 2.26. The van der Waals surface area contributed by atoms with Gasteiger partial charge in [-0.25, -0.2) is 4.79 Å². The second kappa shape index (κ2) is 8.83. The standard InChI is InChI=1S/C21H23NO7/c1-22-7-6-12-9-17-18(29-11-28-17)10-13(12)8-15(23)14-4-5-16(26-2)20(27-3)19(14)21(24)25/h4-5,9-10,22H,6-8,11H2,1-3H3,(H,24,25). The van der Waals surface area contributed by atoms with Crippen molar-refractivity contribution >= 4 is 11.8 Å². The summed E-state index contributed by atoms with van der Waals surface area (Å²) in [4.78, 5) is 24.9. The monoisotopic (exact) mass is 401 g/mol. The number of hydrogen-bond acceptors (Lipinski definition) is 7. The summed E-state index contributed by atoms with van der Waals surface area (Å²) in [5, 5.41) is 12.8. The minimum atomic E-state index is -1.26. The quantitative estimate of drug-likeness (QED) is 0.617. The van der Waals surface area contributed by atoms with Gasteiger partial charge in [-0.15, -0.1) is 0 Å². The minimum Gasteiger partial charge on any atom is -0.493 e. The smallest absolute Gasteiger partial charge is 0.340 e. The predicted molar refractivity (Wildman–Crippen MR) is 105 cm³/mol. The Bertz CT molecular complexity index is 939. The molecule has 0 aromatic heterocycles. The summed E-state index contributed by atoms with van der Waals surface area (Å²) in [6, 6.07) is 6.63. The fourth-order valence-electron chi connectivity index (χ4n) is 3.32. The topological polar surface area (TPSA) is 103 Å². The number of carboxylic acid groups (broad SMARTS) is 1. The highest BCUT2D eigenvalue weighted by molar-refractivity contribution is 6.08. The molecule has 0 amide bonds. The average molecular weight is 401 g/mol. The Morgan fingerprint density at radius 1 is 1.10 bits per heavy atom. The zero-order chi connectivity index (χ0) is 21.0. The molecular formula is C21H23NO7. The molecule has 0 atom stereocenters. The number of ether oxygens (including phenoxy) is 4. The van der Waals surface area contributed by atoms with Crippen molar-refractivity contribution in [2.75, 3.05) is 34.6 Å². The van der Waals surface area contributed by atoms with E-state index in [0.29, 0.717) is 17.9 Å². The van der Waals surface area contributed by atoms with Crippen molar-refractivity contribution in [2.24, 2.45) is 0 Å². The third kappa shape index (κ3) is 4.12. The molecule has 0 fully saturated rings. The number of Topliss-reactive ketones (excluding diaryl/α,β-unsaturated/α-hetero) is 1. The first-order valence-corrected chi connectivity index (χ1v) is 9.07. The third-order valence-corrected chi connectivity index (χ3v) is 4.75. The third-order valence-electron chi connectivity index (χ3n) is 4.75. The summed E-state index contributed by atoms with van der Waals surface area (Å²) in [5.41, 5.74) is 1.55. The number of aromatic carboxylic acids is 1. The normalized spacial score (nSPS) is 12.0. The molecular weight excluding hydrogens is 378 g/mol. The summed E-state index contributed by atoms with van der Waals surface area (Å²) in [6.45, 7) is 0.856. The summed E-state index contributed by atoms with van der Waals surface area (Å²) < 4.78 is 21.2. The Morgan fingerprint density at radius 3 is 2.38 bits per heavy atom. The van der Waals surface area contributed by atoms with Gasteiger partial charge in [0.05, 0.1) is 14.2 Å². The van der Waals surface area contributed by atoms with Crippen molar-refractivity contribution in [2.45, 2.75) is 12.8 Å². The lowest BCUT2D eigenvalue weighted by molar-refractivity contribution is 0.0687. The number of hydrogen-bond donors (Lipinski definition) is 2. The summed E-state index contributed by atoms with van der Waals surface area (Å²) in [6.07, 6.45) is 0.707. The van der Waals surface area contributed by atoms with Crippen molar-refractivity contribution in [1.82, 2.24) is 5.32 Å². The van der Waals surface area contributed by atoms with Crippen molar-refractivity contribution in [3.05, 3.63) is 46.5 Å². The predicted octanol–water partition coefficient (Wildman–Crippen LogP) is 2.32. The van der Waals surface area contributed by atoms with Gasteiger partial charge in [0, 0.05) is 12.0 Å². The minimum absolute atomic E-state index is 0.0193. The maximum absolute atomic E-state index is 13.1. The van der Waals surface area contributed by atoms with E-state index in [1.54, 1.807) is 6.07 Å². The molecule has 29 heavy (non-hydrogen) atoms. The van der Waals surface area contributed by atoms with Gasteiger partial charge in [0.25, 0.3) is 0 Å². The highest BCUT2D eigenvalue weighted by Crippen LogP contribution is 2.37. The van der Waals surface area contributed by atoms with Crippen molar-refractivity contribution in [3.63, 3.8) is 0 Å². The summed E-state index contributed by atoms with van der Waals surface area (Å²) >= 11 is 0. The van der Waals surface area contributed by atoms with Gasteiger partial charge >= 0.3 is 5.97 Å². The maximum Gasteiger partial charge on any atom is 0.340 e. The first-order chi connectivity index (χ1) is 14.0. The molecule has 0 saturated heterocycles. The fraction of sp³-hybridized carbons (Fsp3) is 0.333. The number of nitrogens with one attached hydrogen (secondary N) is 1. The lowest BCUT2D eigenvalue weighted by Gasteiger charge is -2.15. The highest BCUT2D eigenvalue weighted by atomic mass is 16.7. The van der Waals surface area contributed by atoms with Crippen molar-refractivity contribution in [1.29, 1.82) is 0 Å². The number of methoxy groups -OCH3 is 2. The van der Waals surface area contributed by atoms with Crippen molar-refractivity contribution in [3.8, 4) is 23.0 Å². The summed E-state index contributed by atoms with van der Waals surface area (Å²) in [5.74, 6) is -0.110. The number of likely N-dealkylation sites (N-methyl/N-ethyl adjacent to an activating group) is 1. The van der Waals surface area contributed by atoms with E-state index in [-0.39, 0.29) is 41.6 Å². The molecule has 0 bridgehead atoms. The molecule has 8 heteroatoms. The summed E-state index contributed by atoms with van der Waals surface area (Å²) in [7, 11) is 4.60. The second-order valence-electron chi connectivity index (χ2n) is 6.46. The van der Waals surface area contributed by atoms with Crippen LogP contribution in [0.15, 0.2) is 24.3 Å². The SMILES string of the molecule is CNCCc1cc2c(cc1CC(=O)c1ccc(OC)c(OC)c1C(=O)O)OCO2. The first-order valence-electron chi connectivity index (χ1n) is 9.07. The van der Waals surface area contributed by atoms with E-state index in [9.17, 15) is 14.7 Å².